The summed E-state index contributed by atoms with van der Waals surface area (Å²) in [5.41, 5.74) is 0. The van der Waals surface area contributed by atoms with E-state index in [4.69, 9.17) is 14.2 Å². The summed E-state index contributed by atoms with van der Waals surface area (Å²) in [5.74, 6) is 0.0923. The Kier molecular flexibility index (Phi) is 10.4. The van der Waals surface area contributed by atoms with E-state index < -0.39 is 30.9 Å². The molecule has 0 N–H and O–H groups in total. The predicted molar refractivity (Wildman–Crippen MR) is 109 cm³/mol. The molecule has 0 aliphatic carbocycles. The number of halogens is 3. The first kappa shape index (κ1) is 23.6. The fourth-order valence-electron chi connectivity index (χ4n) is 3.32. The highest BCUT2D eigenvalue weighted by atomic mass is 19.2. The van der Waals surface area contributed by atoms with Crippen molar-refractivity contribution < 1.29 is 27.4 Å². The molecule has 29 heavy (non-hydrogen) atoms. The minimum atomic E-state index is -1.83. The molecule has 0 spiro atoms. The predicted octanol–water partition coefficient (Wildman–Crippen LogP) is 6.21. The second-order valence-electron chi connectivity index (χ2n) is 7.53. The Morgan fingerprint density at radius 1 is 1.24 bits per heavy atom. The average molecular weight is 415 g/mol. The summed E-state index contributed by atoms with van der Waals surface area (Å²) in [6, 6.07) is 4.07. The van der Waals surface area contributed by atoms with Gasteiger partial charge in [0.25, 0.3) is 0 Å². The molecule has 1 fully saturated rings. The van der Waals surface area contributed by atoms with Crippen LogP contribution in [0.3, 0.4) is 0 Å². The molecule has 1 aromatic rings. The van der Waals surface area contributed by atoms with E-state index in [1.54, 1.807) is 0 Å². The second-order valence-corrected chi connectivity index (χ2v) is 7.53. The number of rotatable bonds is 12. The molecule has 0 amide bonds. The van der Waals surface area contributed by atoms with Crippen LogP contribution in [0.15, 0.2) is 30.4 Å². The van der Waals surface area contributed by atoms with Crippen LogP contribution in [-0.4, -0.2) is 38.3 Å². The van der Waals surface area contributed by atoms with E-state index in [-0.39, 0.29) is 11.5 Å². The summed E-state index contributed by atoms with van der Waals surface area (Å²) in [6.45, 7) is 4.40. The minimum Gasteiger partial charge on any atom is -0.491 e. The molecule has 4 unspecified atom stereocenters. The van der Waals surface area contributed by atoms with Crippen molar-refractivity contribution in [2.24, 2.45) is 5.92 Å². The summed E-state index contributed by atoms with van der Waals surface area (Å²) in [6.07, 6.45) is 4.87. The molecular weight excluding hydrogens is 381 g/mol. The maximum atomic E-state index is 14.4. The SMILES string of the molecule is C/C=C/CCC1CCC(C(F)C(F)COc2ccc(OCCCC)c(F)c2)OC1. The van der Waals surface area contributed by atoms with Gasteiger partial charge in [-0.15, -0.1) is 0 Å². The van der Waals surface area contributed by atoms with Crippen LogP contribution in [0.5, 0.6) is 11.5 Å². The summed E-state index contributed by atoms with van der Waals surface area (Å²) >= 11 is 0. The first-order chi connectivity index (χ1) is 14.0. The third kappa shape index (κ3) is 7.92. The van der Waals surface area contributed by atoms with Crippen LogP contribution in [-0.2, 0) is 4.74 Å². The van der Waals surface area contributed by atoms with Gasteiger partial charge in [-0.3, -0.25) is 0 Å². The number of benzene rings is 1. The van der Waals surface area contributed by atoms with E-state index in [1.165, 1.54) is 12.1 Å². The monoisotopic (exact) mass is 414 g/mol. The maximum absolute atomic E-state index is 14.4. The Bertz CT molecular complexity index is 615. The lowest BCUT2D eigenvalue weighted by Crippen LogP contribution is -2.40. The molecular formula is C23H33F3O3. The molecule has 0 bridgehead atoms. The Balaban J connectivity index is 1.74. The Morgan fingerprint density at radius 2 is 2.07 bits per heavy atom. The van der Waals surface area contributed by atoms with Gasteiger partial charge in [0, 0.05) is 12.7 Å². The van der Waals surface area contributed by atoms with Crippen molar-refractivity contribution in [1.29, 1.82) is 0 Å². The topological polar surface area (TPSA) is 27.7 Å². The summed E-state index contributed by atoms with van der Waals surface area (Å²) in [5, 5.41) is 0. The zero-order valence-electron chi connectivity index (χ0n) is 17.4. The van der Waals surface area contributed by atoms with Gasteiger partial charge in [0.1, 0.15) is 12.4 Å². The standard InChI is InChI=1S/C23H33F3O3/c1-3-5-7-8-17-9-11-22(29-15-17)23(26)20(25)16-28-18-10-12-21(19(24)14-18)27-13-6-4-2/h3,5,10,12,14,17,20,22-23H,4,6-9,11,13,15-16H2,1-2H3/b5-3+. The molecule has 1 saturated heterocycles. The number of unbranched alkanes of at least 4 members (excludes halogenated alkanes) is 1. The van der Waals surface area contributed by atoms with Gasteiger partial charge >= 0.3 is 0 Å². The fourth-order valence-corrected chi connectivity index (χ4v) is 3.32. The number of alkyl halides is 2. The Labute approximate surface area is 172 Å². The molecule has 0 radical (unpaired) electrons. The Hall–Kier alpha value is -1.69. The van der Waals surface area contributed by atoms with Crippen molar-refractivity contribution in [3.05, 3.63) is 36.2 Å². The molecule has 6 heteroatoms. The first-order valence-corrected chi connectivity index (χ1v) is 10.6. The van der Waals surface area contributed by atoms with Crippen LogP contribution in [0.2, 0.25) is 0 Å². The lowest BCUT2D eigenvalue weighted by molar-refractivity contribution is -0.0807. The molecule has 0 aromatic heterocycles. The van der Waals surface area contributed by atoms with E-state index in [0.717, 1.165) is 38.2 Å². The van der Waals surface area contributed by atoms with Gasteiger partial charge in [-0.1, -0.05) is 25.5 Å². The number of allylic oxidation sites excluding steroid dienone is 2. The number of ether oxygens (including phenoxy) is 3. The summed E-state index contributed by atoms with van der Waals surface area (Å²) < 4.78 is 58.9. The van der Waals surface area contributed by atoms with E-state index >= 15 is 0 Å². The van der Waals surface area contributed by atoms with Gasteiger partial charge in [-0.05, 0) is 57.1 Å². The molecule has 3 nitrogen and oxygen atoms in total. The zero-order valence-corrected chi connectivity index (χ0v) is 17.4. The van der Waals surface area contributed by atoms with Crippen molar-refractivity contribution in [3.63, 3.8) is 0 Å². The number of hydrogen-bond donors (Lipinski definition) is 0. The van der Waals surface area contributed by atoms with Crippen LogP contribution in [0.4, 0.5) is 13.2 Å². The lowest BCUT2D eigenvalue weighted by atomic mass is 9.92. The normalized spacial score (nSPS) is 21.8. The first-order valence-electron chi connectivity index (χ1n) is 10.6. The highest BCUT2D eigenvalue weighted by molar-refractivity contribution is 5.33. The molecule has 1 aliphatic rings. The molecule has 1 aromatic carbocycles. The van der Waals surface area contributed by atoms with E-state index in [2.05, 4.69) is 6.08 Å². The fraction of sp³-hybridized carbons (Fsp3) is 0.652. The van der Waals surface area contributed by atoms with Crippen molar-refractivity contribution >= 4 is 0 Å². The van der Waals surface area contributed by atoms with Gasteiger partial charge in [-0.25, -0.2) is 13.2 Å². The van der Waals surface area contributed by atoms with E-state index in [9.17, 15) is 13.2 Å². The third-order valence-electron chi connectivity index (χ3n) is 5.15. The van der Waals surface area contributed by atoms with E-state index in [0.29, 0.717) is 25.6 Å². The van der Waals surface area contributed by atoms with Gasteiger partial charge in [0.2, 0.25) is 0 Å². The van der Waals surface area contributed by atoms with Crippen LogP contribution in [0.25, 0.3) is 0 Å². The molecule has 1 aliphatic heterocycles. The Morgan fingerprint density at radius 3 is 2.72 bits per heavy atom. The molecule has 4 atom stereocenters. The van der Waals surface area contributed by atoms with Crippen molar-refractivity contribution in [2.45, 2.75) is 70.8 Å². The highest BCUT2D eigenvalue weighted by Crippen LogP contribution is 2.28. The molecule has 0 saturated carbocycles. The molecule has 2 rings (SSSR count). The third-order valence-corrected chi connectivity index (χ3v) is 5.15. The van der Waals surface area contributed by atoms with Crippen molar-refractivity contribution in [3.8, 4) is 11.5 Å². The molecule has 1 heterocycles. The zero-order chi connectivity index (χ0) is 21.1. The quantitative estimate of drug-likeness (QED) is 0.301. The second kappa shape index (κ2) is 12.8. The largest absolute Gasteiger partial charge is 0.491 e. The minimum absolute atomic E-state index is 0.130. The van der Waals surface area contributed by atoms with Gasteiger partial charge in [0.15, 0.2) is 23.9 Å². The van der Waals surface area contributed by atoms with Crippen molar-refractivity contribution in [1.82, 2.24) is 0 Å². The van der Waals surface area contributed by atoms with Gasteiger partial charge in [-0.2, -0.15) is 0 Å². The summed E-state index contributed by atoms with van der Waals surface area (Å²) in [4.78, 5) is 0. The van der Waals surface area contributed by atoms with Crippen LogP contribution >= 0.6 is 0 Å². The maximum Gasteiger partial charge on any atom is 0.168 e. The van der Waals surface area contributed by atoms with Gasteiger partial charge < -0.3 is 14.2 Å². The molecule has 164 valence electrons. The summed E-state index contributed by atoms with van der Waals surface area (Å²) in [7, 11) is 0. The van der Waals surface area contributed by atoms with Crippen molar-refractivity contribution in [2.75, 3.05) is 19.8 Å². The smallest absolute Gasteiger partial charge is 0.168 e. The number of hydrogen-bond acceptors (Lipinski definition) is 3. The van der Waals surface area contributed by atoms with Crippen LogP contribution in [0, 0.1) is 11.7 Å². The van der Waals surface area contributed by atoms with Crippen LogP contribution < -0.4 is 9.47 Å². The van der Waals surface area contributed by atoms with Gasteiger partial charge in [0.05, 0.1) is 12.7 Å². The lowest BCUT2D eigenvalue weighted by Gasteiger charge is -2.31. The average Bonchev–Trinajstić information content (AvgIpc) is 2.73. The highest BCUT2D eigenvalue weighted by Gasteiger charge is 2.34. The van der Waals surface area contributed by atoms with Crippen LogP contribution in [0.1, 0.15) is 52.4 Å². The van der Waals surface area contributed by atoms with E-state index in [1.807, 2.05) is 19.9 Å².